The maximum Gasteiger partial charge on any atom is 0.123 e. The van der Waals surface area contributed by atoms with Gasteiger partial charge in [-0.1, -0.05) is 12.1 Å². The average Bonchev–Trinajstić information content (AvgIpc) is 2.62. The maximum absolute atomic E-state index is 13.1. The van der Waals surface area contributed by atoms with Crippen molar-refractivity contribution in [3.05, 3.63) is 51.7 Å². The highest BCUT2D eigenvalue weighted by Gasteiger charge is 2.21. The Balaban J connectivity index is 2.07. The van der Waals surface area contributed by atoms with E-state index in [1.54, 1.807) is 17.4 Å². The van der Waals surface area contributed by atoms with Crippen LogP contribution in [0.4, 0.5) is 4.39 Å². The van der Waals surface area contributed by atoms with E-state index in [0.717, 1.165) is 16.3 Å². The van der Waals surface area contributed by atoms with E-state index in [-0.39, 0.29) is 5.82 Å². The lowest BCUT2D eigenvalue weighted by molar-refractivity contribution is 0.460. The van der Waals surface area contributed by atoms with Gasteiger partial charge >= 0.3 is 0 Å². The summed E-state index contributed by atoms with van der Waals surface area (Å²) in [4.78, 5) is 4.42. The molecule has 0 radical (unpaired) electrons. The van der Waals surface area contributed by atoms with Crippen LogP contribution in [0, 0.1) is 12.7 Å². The summed E-state index contributed by atoms with van der Waals surface area (Å²) < 4.78 is 13.1. The van der Waals surface area contributed by atoms with Gasteiger partial charge in [0.2, 0.25) is 0 Å². The molecule has 2 nitrogen and oxygen atoms in total. The third kappa shape index (κ3) is 3.62. The molecule has 2 rings (SSSR count). The van der Waals surface area contributed by atoms with Crippen LogP contribution >= 0.6 is 11.3 Å². The van der Waals surface area contributed by atoms with Crippen LogP contribution in [0.1, 0.15) is 23.2 Å². The molecule has 0 aliphatic heterocycles. The molecular weight excluding hydrogens is 247 g/mol. The minimum Gasteiger partial charge on any atom is -0.325 e. The molecule has 4 heteroatoms. The zero-order valence-electron chi connectivity index (χ0n) is 10.6. The fraction of sp³-hybridized carbons (Fsp3) is 0.357. The zero-order valence-corrected chi connectivity index (χ0v) is 11.4. The molecule has 0 bridgehead atoms. The number of halogens is 1. The van der Waals surface area contributed by atoms with E-state index in [1.807, 2.05) is 25.3 Å². The third-order valence-electron chi connectivity index (χ3n) is 2.72. The Bertz CT molecular complexity index is 534. The SMILES string of the molecule is Cc1csc(CC(C)(N)Cc2cccc(F)c2)n1. The van der Waals surface area contributed by atoms with E-state index < -0.39 is 5.54 Å². The summed E-state index contributed by atoms with van der Waals surface area (Å²) in [6.07, 6.45) is 1.35. The molecular formula is C14H17FN2S. The fourth-order valence-corrected chi connectivity index (χ4v) is 2.97. The van der Waals surface area contributed by atoms with Crippen LogP contribution < -0.4 is 5.73 Å². The van der Waals surface area contributed by atoms with Gasteiger partial charge in [0.05, 0.1) is 5.01 Å². The number of hydrogen-bond acceptors (Lipinski definition) is 3. The second-order valence-electron chi connectivity index (χ2n) is 5.02. The first-order valence-corrected chi connectivity index (χ1v) is 6.77. The number of nitrogens with two attached hydrogens (primary N) is 1. The van der Waals surface area contributed by atoms with Crippen molar-refractivity contribution in [3.8, 4) is 0 Å². The molecule has 2 aromatic rings. The summed E-state index contributed by atoms with van der Waals surface area (Å²) in [7, 11) is 0. The minimum absolute atomic E-state index is 0.214. The van der Waals surface area contributed by atoms with E-state index in [9.17, 15) is 4.39 Å². The molecule has 0 spiro atoms. The van der Waals surface area contributed by atoms with Crippen molar-refractivity contribution in [1.82, 2.24) is 4.98 Å². The first-order valence-electron chi connectivity index (χ1n) is 5.89. The Morgan fingerprint density at radius 3 is 2.78 bits per heavy atom. The van der Waals surface area contributed by atoms with Crippen LogP contribution in [-0.2, 0) is 12.8 Å². The smallest absolute Gasteiger partial charge is 0.123 e. The highest BCUT2D eigenvalue weighted by atomic mass is 32.1. The van der Waals surface area contributed by atoms with Crippen LogP contribution in [-0.4, -0.2) is 10.5 Å². The molecule has 0 amide bonds. The largest absolute Gasteiger partial charge is 0.325 e. The molecule has 2 N–H and O–H groups in total. The van der Waals surface area contributed by atoms with Gasteiger partial charge < -0.3 is 5.73 Å². The molecule has 1 aromatic carbocycles. The quantitative estimate of drug-likeness (QED) is 0.921. The highest BCUT2D eigenvalue weighted by molar-refractivity contribution is 7.09. The maximum atomic E-state index is 13.1. The second-order valence-corrected chi connectivity index (χ2v) is 5.96. The summed E-state index contributed by atoms with van der Waals surface area (Å²) >= 11 is 1.62. The molecule has 1 heterocycles. The lowest BCUT2D eigenvalue weighted by Gasteiger charge is -2.23. The minimum atomic E-state index is -0.405. The molecule has 0 aliphatic carbocycles. The topological polar surface area (TPSA) is 38.9 Å². The van der Waals surface area contributed by atoms with Gasteiger partial charge in [-0.25, -0.2) is 9.37 Å². The van der Waals surface area contributed by atoms with Crippen molar-refractivity contribution in [2.75, 3.05) is 0 Å². The molecule has 96 valence electrons. The molecule has 1 atom stereocenters. The number of nitrogens with zero attached hydrogens (tertiary/aromatic N) is 1. The zero-order chi connectivity index (χ0) is 13.2. The third-order valence-corrected chi connectivity index (χ3v) is 3.69. The van der Waals surface area contributed by atoms with Crippen LogP contribution in [0.5, 0.6) is 0 Å². The number of hydrogen-bond donors (Lipinski definition) is 1. The van der Waals surface area contributed by atoms with Gasteiger partial charge in [-0.3, -0.25) is 0 Å². The first-order chi connectivity index (χ1) is 8.44. The van der Waals surface area contributed by atoms with Gasteiger partial charge in [0.1, 0.15) is 5.82 Å². The van der Waals surface area contributed by atoms with Crippen LogP contribution in [0.3, 0.4) is 0 Å². The molecule has 0 aliphatic rings. The van der Waals surface area contributed by atoms with Gasteiger partial charge in [0, 0.05) is 23.0 Å². The van der Waals surface area contributed by atoms with Gasteiger partial charge in [-0.2, -0.15) is 0 Å². The van der Waals surface area contributed by atoms with E-state index in [1.165, 1.54) is 12.1 Å². The Morgan fingerprint density at radius 2 is 2.17 bits per heavy atom. The van der Waals surface area contributed by atoms with Crippen LogP contribution in [0.15, 0.2) is 29.6 Å². The Hall–Kier alpha value is -1.26. The summed E-state index contributed by atoms with van der Waals surface area (Å²) in [6, 6.07) is 6.61. The van der Waals surface area contributed by atoms with E-state index in [0.29, 0.717) is 12.8 Å². The second kappa shape index (κ2) is 5.16. The lowest BCUT2D eigenvalue weighted by Crippen LogP contribution is -2.40. The van der Waals surface area contributed by atoms with Crippen molar-refractivity contribution < 1.29 is 4.39 Å². The van der Waals surface area contributed by atoms with Crippen molar-refractivity contribution in [3.63, 3.8) is 0 Å². The molecule has 0 saturated heterocycles. The molecule has 0 saturated carbocycles. The highest BCUT2D eigenvalue weighted by Crippen LogP contribution is 2.19. The molecule has 18 heavy (non-hydrogen) atoms. The first kappa shape index (κ1) is 13.2. The van der Waals surface area contributed by atoms with Crippen molar-refractivity contribution in [2.24, 2.45) is 5.73 Å². The number of rotatable bonds is 4. The van der Waals surface area contributed by atoms with Gasteiger partial charge in [0.15, 0.2) is 0 Å². The molecule has 1 unspecified atom stereocenters. The van der Waals surface area contributed by atoms with Crippen LogP contribution in [0.2, 0.25) is 0 Å². The van der Waals surface area contributed by atoms with E-state index in [4.69, 9.17) is 5.73 Å². The van der Waals surface area contributed by atoms with Crippen molar-refractivity contribution in [1.29, 1.82) is 0 Å². The predicted molar refractivity (Wildman–Crippen MR) is 73.3 cm³/mol. The standard InChI is InChI=1S/C14H17FN2S/c1-10-9-18-13(17-10)8-14(2,16)7-11-4-3-5-12(15)6-11/h3-6,9H,7-8,16H2,1-2H3. The Kier molecular flexibility index (Phi) is 3.78. The Morgan fingerprint density at radius 1 is 1.39 bits per heavy atom. The number of benzene rings is 1. The monoisotopic (exact) mass is 264 g/mol. The number of thiazole rings is 1. The number of aryl methyl sites for hydroxylation is 1. The Labute approximate surface area is 111 Å². The van der Waals surface area contributed by atoms with Gasteiger partial charge in [0.25, 0.3) is 0 Å². The summed E-state index contributed by atoms with van der Waals surface area (Å²) in [5, 5.41) is 3.06. The summed E-state index contributed by atoms with van der Waals surface area (Å²) in [5.74, 6) is -0.214. The van der Waals surface area contributed by atoms with E-state index in [2.05, 4.69) is 4.98 Å². The van der Waals surface area contributed by atoms with E-state index >= 15 is 0 Å². The lowest BCUT2D eigenvalue weighted by atomic mass is 9.91. The van der Waals surface area contributed by atoms with Crippen molar-refractivity contribution in [2.45, 2.75) is 32.2 Å². The molecule has 0 fully saturated rings. The van der Waals surface area contributed by atoms with Crippen molar-refractivity contribution >= 4 is 11.3 Å². The average molecular weight is 264 g/mol. The van der Waals surface area contributed by atoms with Gasteiger partial charge in [-0.05, 0) is 38.0 Å². The van der Waals surface area contributed by atoms with Gasteiger partial charge in [-0.15, -0.1) is 11.3 Å². The fourth-order valence-electron chi connectivity index (χ4n) is 2.01. The summed E-state index contributed by atoms with van der Waals surface area (Å²) in [5.41, 5.74) is 7.83. The van der Waals surface area contributed by atoms with Crippen LogP contribution in [0.25, 0.3) is 0 Å². The predicted octanol–water partition coefficient (Wildman–Crippen LogP) is 3.09. The normalized spacial score (nSPS) is 14.4. The number of aromatic nitrogens is 1. The summed E-state index contributed by atoms with van der Waals surface area (Å²) in [6.45, 7) is 3.95. The molecule has 1 aromatic heterocycles.